The molecule has 1 N–H and O–H groups in total. The molecule has 0 aliphatic carbocycles. The summed E-state index contributed by atoms with van der Waals surface area (Å²) in [4.78, 5) is 12.6. The minimum atomic E-state index is -3.95. The second-order valence-corrected chi connectivity index (χ2v) is 9.27. The number of carbonyl (C=O) groups excluding carboxylic acids is 1. The lowest BCUT2D eigenvalue weighted by atomic mass is 10.2. The van der Waals surface area contributed by atoms with Gasteiger partial charge >= 0.3 is 0 Å². The van der Waals surface area contributed by atoms with Gasteiger partial charge in [0.15, 0.2) is 0 Å². The second-order valence-electron chi connectivity index (χ2n) is 6.01. The van der Waals surface area contributed by atoms with E-state index in [1.165, 1.54) is 30.6 Å². The Balaban J connectivity index is 1.91. The van der Waals surface area contributed by atoms with E-state index in [1.54, 1.807) is 18.2 Å². The Hall–Kier alpha value is -2.42. The zero-order valence-corrected chi connectivity index (χ0v) is 17.3. The minimum absolute atomic E-state index is 0.0277. The zero-order chi connectivity index (χ0) is 20.5. The summed E-state index contributed by atoms with van der Waals surface area (Å²) in [6.45, 7) is 1.86. The lowest BCUT2D eigenvalue weighted by Gasteiger charge is -2.20. The van der Waals surface area contributed by atoms with Gasteiger partial charge in [-0.15, -0.1) is 11.3 Å². The van der Waals surface area contributed by atoms with Crippen molar-refractivity contribution < 1.29 is 17.6 Å². The van der Waals surface area contributed by atoms with E-state index in [0.717, 1.165) is 27.3 Å². The molecule has 3 rings (SSSR count). The number of halogens is 2. The average Bonchev–Trinajstić information content (AvgIpc) is 3.15. The van der Waals surface area contributed by atoms with Gasteiger partial charge in [-0.2, -0.15) is 0 Å². The molecule has 0 bridgehead atoms. The van der Waals surface area contributed by atoms with Crippen LogP contribution in [0.5, 0.6) is 0 Å². The summed E-state index contributed by atoms with van der Waals surface area (Å²) in [7, 11) is -2.52. The molecule has 0 atom stereocenters. The maximum Gasteiger partial charge on any atom is 0.267 e. The lowest BCUT2D eigenvalue weighted by molar-refractivity contribution is 0.102. The van der Waals surface area contributed by atoms with Crippen LogP contribution in [0.3, 0.4) is 0 Å². The average molecular weight is 439 g/mol. The van der Waals surface area contributed by atoms with Crippen molar-refractivity contribution in [2.75, 3.05) is 16.7 Å². The van der Waals surface area contributed by atoms with Crippen LogP contribution < -0.4 is 9.62 Å². The van der Waals surface area contributed by atoms with E-state index in [1.807, 2.05) is 13.0 Å². The molecule has 0 saturated carbocycles. The number of sulfonamides is 1. The van der Waals surface area contributed by atoms with Crippen molar-refractivity contribution in [3.63, 3.8) is 0 Å². The van der Waals surface area contributed by atoms with Gasteiger partial charge in [-0.3, -0.25) is 9.10 Å². The van der Waals surface area contributed by atoms with Crippen molar-refractivity contribution in [2.24, 2.45) is 0 Å². The van der Waals surface area contributed by atoms with Crippen LogP contribution in [0.2, 0.25) is 5.02 Å². The van der Waals surface area contributed by atoms with Crippen molar-refractivity contribution in [1.29, 1.82) is 0 Å². The number of anilines is 2. The number of thiophene rings is 1. The monoisotopic (exact) mass is 438 g/mol. The van der Waals surface area contributed by atoms with E-state index in [-0.39, 0.29) is 20.5 Å². The van der Waals surface area contributed by atoms with E-state index < -0.39 is 21.7 Å². The summed E-state index contributed by atoms with van der Waals surface area (Å²) in [6.07, 6.45) is 0. The number of hydrogen-bond acceptors (Lipinski definition) is 4. The van der Waals surface area contributed by atoms with Gasteiger partial charge in [-0.25, -0.2) is 12.8 Å². The molecule has 0 saturated heterocycles. The Morgan fingerprint density at radius 1 is 1.18 bits per heavy atom. The summed E-state index contributed by atoms with van der Waals surface area (Å²) in [5.74, 6) is -1.23. The zero-order valence-electron chi connectivity index (χ0n) is 14.9. The first-order valence-electron chi connectivity index (χ1n) is 8.09. The number of amides is 1. The molecule has 0 aliphatic rings. The normalized spacial score (nSPS) is 11.3. The SMILES string of the molecule is Cc1cccc(N(C)S(=O)(=O)c2ccsc2C(=O)Nc2ccc(F)c(Cl)c2)c1. The molecular weight excluding hydrogens is 423 g/mol. The van der Waals surface area contributed by atoms with Gasteiger partial charge in [0.2, 0.25) is 0 Å². The molecule has 5 nitrogen and oxygen atoms in total. The highest BCUT2D eigenvalue weighted by molar-refractivity contribution is 7.93. The Morgan fingerprint density at radius 3 is 2.61 bits per heavy atom. The van der Waals surface area contributed by atoms with Crippen molar-refractivity contribution in [3.05, 3.63) is 75.2 Å². The maximum absolute atomic E-state index is 13.3. The van der Waals surface area contributed by atoms with Crippen LogP contribution in [-0.2, 0) is 10.0 Å². The molecule has 9 heteroatoms. The summed E-state index contributed by atoms with van der Waals surface area (Å²) >= 11 is 6.72. The summed E-state index contributed by atoms with van der Waals surface area (Å²) in [5, 5.41) is 3.94. The number of rotatable bonds is 5. The number of carbonyl (C=O) groups is 1. The highest BCUT2D eigenvalue weighted by Gasteiger charge is 2.28. The van der Waals surface area contributed by atoms with E-state index in [4.69, 9.17) is 11.6 Å². The molecule has 0 fully saturated rings. The van der Waals surface area contributed by atoms with Crippen molar-refractivity contribution in [3.8, 4) is 0 Å². The van der Waals surface area contributed by atoms with E-state index in [2.05, 4.69) is 5.32 Å². The quantitative estimate of drug-likeness (QED) is 0.614. The predicted octanol–water partition coefficient (Wildman–Crippen LogP) is 4.93. The minimum Gasteiger partial charge on any atom is -0.321 e. The first-order chi connectivity index (χ1) is 13.2. The van der Waals surface area contributed by atoms with Crippen LogP contribution in [0, 0.1) is 12.7 Å². The lowest BCUT2D eigenvalue weighted by Crippen LogP contribution is -2.28. The van der Waals surface area contributed by atoms with Crippen LogP contribution in [0.4, 0.5) is 15.8 Å². The van der Waals surface area contributed by atoms with Gasteiger partial charge in [0.25, 0.3) is 15.9 Å². The van der Waals surface area contributed by atoms with Gasteiger partial charge in [0, 0.05) is 12.7 Å². The molecule has 1 amide bonds. The van der Waals surface area contributed by atoms with E-state index in [9.17, 15) is 17.6 Å². The largest absolute Gasteiger partial charge is 0.321 e. The second kappa shape index (κ2) is 7.90. The predicted molar refractivity (Wildman–Crippen MR) is 110 cm³/mol. The van der Waals surface area contributed by atoms with Crippen LogP contribution in [0.1, 0.15) is 15.2 Å². The number of aryl methyl sites for hydroxylation is 1. The van der Waals surface area contributed by atoms with E-state index >= 15 is 0 Å². The molecule has 0 radical (unpaired) electrons. The fraction of sp³-hybridized carbons (Fsp3) is 0.105. The third-order valence-electron chi connectivity index (χ3n) is 4.02. The van der Waals surface area contributed by atoms with Crippen LogP contribution in [0.25, 0.3) is 0 Å². The fourth-order valence-corrected chi connectivity index (χ4v) is 5.20. The van der Waals surface area contributed by atoms with Gasteiger partial charge in [-0.1, -0.05) is 23.7 Å². The van der Waals surface area contributed by atoms with Gasteiger partial charge in [0.05, 0.1) is 10.7 Å². The van der Waals surface area contributed by atoms with Crippen LogP contribution in [-0.4, -0.2) is 21.4 Å². The Morgan fingerprint density at radius 2 is 1.93 bits per heavy atom. The summed E-state index contributed by atoms with van der Waals surface area (Å²) in [5.41, 5.74) is 1.67. The molecule has 0 unspecified atom stereocenters. The van der Waals surface area contributed by atoms with Crippen LogP contribution >= 0.6 is 22.9 Å². The Labute approximate surface area is 171 Å². The number of nitrogens with zero attached hydrogens (tertiary/aromatic N) is 1. The van der Waals surface area contributed by atoms with Crippen molar-refractivity contribution in [1.82, 2.24) is 0 Å². The van der Waals surface area contributed by atoms with Gasteiger partial charge < -0.3 is 5.32 Å². The molecule has 146 valence electrons. The smallest absolute Gasteiger partial charge is 0.267 e. The molecular formula is C19H16ClFN2O3S2. The molecule has 28 heavy (non-hydrogen) atoms. The highest BCUT2D eigenvalue weighted by atomic mass is 35.5. The van der Waals surface area contributed by atoms with Gasteiger partial charge in [0.1, 0.15) is 15.6 Å². The first kappa shape index (κ1) is 20.3. The molecule has 1 heterocycles. The standard InChI is InChI=1S/C19H16ClFN2O3S2/c1-12-4-3-5-14(10-12)23(2)28(25,26)17-8-9-27-18(17)19(24)22-13-6-7-16(21)15(20)11-13/h3-11H,1-2H3,(H,22,24). The topological polar surface area (TPSA) is 66.5 Å². The molecule has 0 spiro atoms. The summed E-state index contributed by atoms with van der Waals surface area (Å²) in [6, 6.07) is 12.2. The highest BCUT2D eigenvalue weighted by Crippen LogP contribution is 2.29. The maximum atomic E-state index is 13.3. The third-order valence-corrected chi connectivity index (χ3v) is 7.18. The molecule has 3 aromatic rings. The number of nitrogens with one attached hydrogen (secondary N) is 1. The number of benzene rings is 2. The van der Waals surface area contributed by atoms with Crippen molar-refractivity contribution >= 4 is 50.2 Å². The Bertz CT molecular complexity index is 1150. The van der Waals surface area contributed by atoms with Crippen molar-refractivity contribution in [2.45, 2.75) is 11.8 Å². The van der Waals surface area contributed by atoms with E-state index in [0.29, 0.717) is 5.69 Å². The van der Waals surface area contributed by atoms with Gasteiger partial charge in [-0.05, 0) is 54.3 Å². The fourth-order valence-electron chi connectivity index (χ4n) is 2.54. The summed E-state index contributed by atoms with van der Waals surface area (Å²) < 4.78 is 40.5. The number of hydrogen-bond donors (Lipinski definition) is 1. The Kier molecular flexibility index (Phi) is 5.74. The molecule has 1 aromatic heterocycles. The molecule has 0 aliphatic heterocycles. The first-order valence-corrected chi connectivity index (χ1v) is 10.8. The molecule has 2 aromatic carbocycles. The third kappa shape index (κ3) is 4.04. The van der Waals surface area contributed by atoms with Crippen LogP contribution in [0.15, 0.2) is 58.8 Å².